The van der Waals surface area contributed by atoms with Crippen LogP contribution in [0.25, 0.3) is 11.9 Å². The smallest absolute Gasteiger partial charge is 0.331 e. The third-order valence-corrected chi connectivity index (χ3v) is 5.06. The van der Waals surface area contributed by atoms with Crippen molar-refractivity contribution < 1.29 is 33.1 Å². The van der Waals surface area contributed by atoms with Gasteiger partial charge in [0.2, 0.25) is 5.78 Å². The number of ketones is 1. The van der Waals surface area contributed by atoms with Crippen LogP contribution in [0.2, 0.25) is 0 Å². The van der Waals surface area contributed by atoms with Crippen LogP contribution in [0.3, 0.4) is 0 Å². The molecule has 0 aliphatic heterocycles. The average Bonchev–Trinajstić information content (AvgIpc) is 3.36. The van der Waals surface area contributed by atoms with E-state index in [4.69, 9.17) is 23.5 Å². The number of rotatable bonds is 9. The zero-order valence-electron chi connectivity index (χ0n) is 19.4. The molecule has 1 aromatic carbocycles. The number of ether oxygens (including phenoxy) is 4. The summed E-state index contributed by atoms with van der Waals surface area (Å²) in [5, 5.41) is 4.00. The van der Waals surface area contributed by atoms with Crippen LogP contribution in [0.15, 0.2) is 34.9 Å². The van der Waals surface area contributed by atoms with E-state index in [2.05, 4.69) is 5.16 Å². The van der Waals surface area contributed by atoms with Gasteiger partial charge in [0.25, 0.3) is 0 Å². The van der Waals surface area contributed by atoms with Crippen molar-refractivity contribution in [2.45, 2.75) is 20.8 Å². The maximum Gasteiger partial charge on any atom is 0.331 e. The molecule has 0 spiro atoms. The molecule has 33 heavy (non-hydrogen) atoms. The molecule has 0 radical (unpaired) electrons. The maximum atomic E-state index is 12.7. The number of esters is 1. The molecule has 9 nitrogen and oxygen atoms in total. The normalized spacial score (nSPS) is 11.0. The van der Waals surface area contributed by atoms with E-state index in [1.54, 1.807) is 38.1 Å². The van der Waals surface area contributed by atoms with E-state index in [9.17, 15) is 9.59 Å². The molecule has 3 rings (SSSR count). The quantitative estimate of drug-likeness (QED) is 0.273. The molecule has 0 aliphatic carbocycles. The average molecular weight is 454 g/mol. The van der Waals surface area contributed by atoms with Crippen molar-refractivity contribution in [2.24, 2.45) is 0 Å². The zero-order valence-corrected chi connectivity index (χ0v) is 19.4. The van der Waals surface area contributed by atoms with Gasteiger partial charge in [-0.1, -0.05) is 5.16 Å². The number of nitrogens with zero attached hydrogens (tertiary/aromatic N) is 2. The second-order valence-electron chi connectivity index (χ2n) is 7.23. The van der Waals surface area contributed by atoms with Crippen LogP contribution in [0.1, 0.15) is 33.1 Å². The van der Waals surface area contributed by atoms with Gasteiger partial charge in [0.05, 0.1) is 21.3 Å². The van der Waals surface area contributed by atoms with Crippen molar-refractivity contribution in [3.05, 3.63) is 58.6 Å². The molecule has 2 aromatic heterocycles. The second-order valence-corrected chi connectivity index (χ2v) is 7.23. The minimum Gasteiger partial charge on any atom is -0.496 e. The number of aryl methyl sites for hydroxylation is 2. The SMILES string of the molecule is COc1cc(OC)c(OC)cc1/C=C/C(=O)OCC(=O)c1cc(C)n(-c2cc(C)on2)c1C. The highest BCUT2D eigenvalue weighted by Gasteiger charge is 2.19. The molecule has 0 saturated carbocycles. The van der Waals surface area contributed by atoms with Gasteiger partial charge >= 0.3 is 5.97 Å². The summed E-state index contributed by atoms with van der Waals surface area (Å²) in [6.45, 7) is 5.06. The Kier molecular flexibility index (Phi) is 7.22. The summed E-state index contributed by atoms with van der Waals surface area (Å²) in [5.74, 6) is 1.74. The van der Waals surface area contributed by atoms with Crippen LogP contribution in [0.5, 0.6) is 17.2 Å². The van der Waals surface area contributed by atoms with Gasteiger partial charge in [-0.2, -0.15) is 0 Å². The molecule has 0 fully saturated rings. The molecular formula is C24H26N2O7. The Morgan fingerprint density at radius 1 is 0.970 bits per heavy atom. The molecule has 0 amide bonds. The Morgan fingerprint density at radius 3 is 2.24 bits per heavy atom. The molecule has 0 N–H and O–H groups in total. The van der Waals surface area contributed by atoms with E-state index >= 15 is 0 Å². The minimum absolute atomic E-state index is 0.319. The lowest BCUT2D eigenvalue weighted by Crippen LogP contribution is -2.13. The maximum absolute atomic E-state index is 12.7. The predicted molar refractivity (Wildman–Crippen MR) is 120 cm³/mol. The van der Waals surface area contributed by atoms with Gasteiger partial charge in [0.1, 0.15) is 11.5 Å². The lowest BCUT2D eigenvalue weighted by molar-refractivity contribution is -0.136. The molecule has 2 heterocycles. The van der Waals surface area contributed by atoms with Gasteiger partial charge in [-0.25, -0.2) is 4.79 Å². The van der Waals surface area contributed by atoms with Crippen LogP contribution in [-0.4, -0.2) is 49.4 Å². The van der Waals surface area contributed by atoms with E-state index < -0.39 is 12.6 Å². The van der Waals surface area contributed by atoms with E-state index in [0.29, 0.717) is 45.6 Å². The molecular weight excluding hydrogens is 428 g/mol. The molecule has 0 saturated heterocycles. The molecule has 9 heteroatoms. The Bertz CT molecular complexity index is 1200. The van der Waals surface area contributed by atoms with Gasteiger partial charge in [-0.05, 0) is 39.0 Å². The second kappa shape index (κ2) is 10.1. The first-order valence-electron chi connectivity index (χ1n) is 10.1. The first-order valence-corrected chi connectivity index (χ1v) is 10.1. The van der Waals surface area contributed by atoms with Gasteiger partial charge in [0.15, 0.2) is 23.9 Å². The van der Waals surface area contributed by atoms with Crippen molar-refractivity contribution in [1.29, 1.82) is 0 Å². The van der Waals surface area contributed by atoms with E-state index in [0.717, 1.165) is 5.69 Å². The van der Waals surface area contributed by atoms with Gasteiger partial charge in [-0.15, -0.1) is 0 Å². The largest absolute Gasteiger partial charge is 0.496 e. The van der Waals surface area contributed by atoms with Crippen LogP contribution in [0.4, 0.5) is 0 Å². The molecule has 0 atom stereocenters. The highest BCUT2D eigenvalue weighted by atomic mass is 16.5. The topological polar surface area (TPSA) is 102 Å². The molecule has 0 aliphatic rings. The fourth-order valence-electron chi connectivity index (χ4n) is 3.46. The third-order valence-electron chi connectivity index (χ3n) is 5.06. The summed E-state index contributed by atoms with van der Waals surface area (Å²) in [6.07, 6.45) is 2.74. The number of hydrogen-bond acceptors (Lipinski definition) is 8. The fourth-order valence-corrected chi connectivity index (χ4v) is 3.46. The number of carbonyl (C=O) groups is 2. The molecule has 3 aromatic rings. The van der Waals surface area contributed by atoms with E-state index in [1.165, 1.54) is 33.5 Å². The Balaban J connectivity index is 1.69. The van der Waals surface area contributed by atoms with Crippen molar-refractivity contribution in [2.75, 3.05) is 27.9 Å². The molecule has 174 valence electrons. The van der Waals surface area contributed by atoms with E-state index in [-0.39, 0.29) is 5.78 Å². The number of aromatic nitrogens is 2. The number of benzene rings is 1. The predicted octanol–water partition coefficient (Wildman–Crippen LogP) is 3.86. The highest BCUT2D eigenvalue weighted by molar-refractivity contribution is 6.00. The fraction of sp³-hybridized carbons (Fsp3) is 0.292. The Morgan fingerprint density at radius 2 is 1.64 bits per heavy atom. The Labute approximate surface area is 191 Å². The lowest BCUT2D eigenvalue weighted by Gasteiger charge is -2.12. The monoisotopic (exact) mass is 454 g/mol. The summed E-state index contributed by atoms with van der Waals surface area (Å²) in [4.78, 5) is 24.9. The van der Waals surface area contributed by atoms with Gasteiger partial charge in [-0.3, -0.25) is 9.36 Å². The summed E-state index contributed by atoms with van der Waals surface area (Å²) in [6, 6.07) is 6.84. The minimum atomic E-state index is -0.666. The number of Topliss-reactive ketones (excluding diaryl/α,β-unsaturated/α-hetero) is 1. The van der Waals surface area contributed by atoms with Gasteiger partial charge < -0.3 is 23.5 Å². The van der Waals surface area contributed by atoms with Crippen LogP contribution >= 0.6 is 0 Å². The summed E-state index contributed by atoms with van der Waals surface area (Å²) >= 11 is 0. The third kappa shape index (κ3) is 5.08. The standard InChI is InChI=1S/C24H26N2O7/c1-14-9-18(16(3)26(14)23-10-15(2)33-25-23)19(27)13-32-24(28)8-7-17-11-21(30-5)22(31-6)12-20(17)29-4/h7-12H,13H2,1-6H3/b8-7+. The highest BCUT2D eigenvalue weighted by Crippen LogP contribution is 2.35. The summed E-state index contributed by atoms with van der Waals surface area (Å²) in [5.41, 5.74) is 2.54. The lowest BCUT2D eigenvalue weighted by atomic mass is 10.1. The van der Waals surface area contributed by atoms with E-state index in [1.807, 2.05) is 11.5 Å². The van der Waals surface area contributed by atoms with Crippen molar-refractivity contribution >= 4 is 17.8 Å². The van der Waals surface area contributed by atoms with Crippen molar-refractivity contribution in [3.63, 3.8) is 0 Å². The summed E-state index contributed by atoms with van der Waals surface area (Å²) < 4.78 is 28.0. The van der Waals surface area contributed by atoms with Gasteiger partial charge in [0, 0.05) is 40.7 Å². The first kappa shape index (κ1) is 23.6. The summed E-state index contributed by atoms with van der Waals surface area (Å²) in [7, 11) is 4.54. The van der Waals surface area contributed by atoms with Crippen molar-refractivity contribution in [3.8, 4) is 23.1 Å². The van der Waals surface area contributed by atoms with Crippen LogP contribution in [0, 0.1) is 20.8 Å². The Hall–Kier alpha value is -4.01. The van der Waals surface area contributed by atoms with Crippen LogP contribution < -0.4 is 14.2 Å². The number of hydrogen-bond donors (Lipinski definition) is 0. The number of methoxy groups -OCH3 is 3. The molecule has 0 unspecified atom stereocenters. The molecule has 0 bridgehead atoms. The van der Waals surface area contributed by atoms with Crippen LogP contribution in [-0.2, 0) is 9.53 Å². The first-order chi connectivity index (χ1) is 15.8. The zero-order chi connectivity index (χ0) is 24.1. The van der Waals surface area contributed by atoms with Crippen molar-refractivity contribution in [1.82, 2.24) is 9.72 Å². The number of carbonyl (C=O) groups excluding carboxylic acids is 2.